The topological polar surface area (TPSA) is 58.1 Å². The van der Waals surface area contributed by atoms with Crippen LogP contribution in [0.15, 0.2) is 11.4 Å². The van der Waals surface area contributed by atoms with Gasteiger partial charge >= 0.3 is 6.03 Å². The maximum Gasteiger partial charge on any atom is 0.324 e. The number of hydrogen-bond donors (Lipinski definition) is 1. The number of rotatable bonds is 2. The largest absolute Gasteiger partial charge is 0.324 e. The van der Waals surface area contributed by atoms with E-state index in [1.807, 2.05) is 4.90 Å². The van der Waals surface area contributed by atoms with Crippen LogP contribution in [-0.4, -0.2) is 27.7 Å². The highest BCUT2D eigenvalue weighted by molar-refractivity contribution is 7.15. The summed E-state index contributed by atoms with van der Waals surface area (Å²) < 4.78 is 0. The maximum absolute atomic E-state index is 12.4. The van der Waals surface area contributed by atoms with Crippen molar-refractivity contribution in [3.05, 3.63) is 26.9 Å². The Morgan fingerprint density at radius 1 is 1.48 bits per heavy atom. The van der Waals surface area contributed by atoms with E-state index in [0.717, 1.165) is 18.0 Å². The predicted octanol–water partition coefficient (Wildman–Crippen LogP) is 3.87. The van der Waals surface area contributed by atoms with Crippen molar-refractivity contribution in [2.75, 3.05) is 11.9 Å². The zero-order valence-corrected chi connectivity index (χ0v) is 13.9. The molecule has 1 aliphatic rings. The smallest absolute Gasteiger partial charge is 0.317 e. The Morgan fingerprint density at radius 2 is 2.29 bits per heavy atom. The van der Waals surface area contributed by atoms with Crippen LogP contribution in [0.25, 0.3) is 0 Å². The van der Waals surface area contributed by atoms with E-state index in [2.05, 4.69) is 47.7 Å². The van der Waals surface area contributed by atoms with Crippen LogP contribution in [0.5, 0.6) is 0 Å². The van der Waals surface area contributed by atoms with Gasteiger partial charge in [0.2, 0.25) is 5.13 Å². The number of amides is 2. The van der Waals surface area contributed by atoms with Gasteiger partial charge in [-0.25, -0.2) is 4.79 Å². The summed E-state index contributed by atoms with van der Waals surface area (Å²) in [5.74, 6) is 0.329. The first-order valence-electron chi connectivity index (χ1n) is 7.03. The Morgan fingerprint density at radius 3 is 3.00 bits per heavy atom. The van der Waals surface area contributed by atoms with Crippen LogP contribution in [0, 0.1) is 0 Å². The number of urea groups is 1. The zero-order valence-electron chi connectivity index (χ0n) is 12.3. The molecule has 1 unspecified atom stereocenters. The van der Waals surface area contributed by atoms with E-state index in [1.54, 1.807) is 11.3 Å². The zero-order chi connectivity index (χ0) is 15.0. The lowest BCUT2D eigenvalue weighted by Crippen LogP contribution is -2.40. The average Bonchev–Trinajstić information content (AvgIpc) is 3.07. The Kier molecular flexibility index (Phi) is 3.95. The lowest BCUT2D eigenvalue weighted by Gasteiger charge is -2.33. The van der Waals surface area contributed by atoms with Crippen LogP contribution in [0.2, 0.25) is 0 Å². The first kappa shape index (κ1) is 14.5. The van der Waals surface area contributed by atoms with Gasteiger partial charge in [-0.2, -0.15) is 0 Å². The van der Waals surface area contributed by atoms with E-state index < -0.39 is 0 Å². The molecule has 0 spiro atoms. The second-order valence-corrected chi connectivity index (χ2v) is 7.46. The van der Waals surface area contributed by atoms with Crippen molar-refractivity contribution < 1.29 is 4.79 Å². The van der Waals surface area contributed by atoms with E-state index in [4.69, 9.17) is 0 Å². The number of carbonyl (C=O) groups is 1. The number of anilines is 1. The molecule has 1 N–H and O–H groups in total. The van der Waals surface area contributed by atoms with Gasteiger partial charge in [0, 0.05) is 17.3 Å². The van der Waals surface area contributed by atoms with Gasteiger partial charge in [-0.1, -0.05) is 25.2 Å². The normalized spacial score (nSPS) is 17.9. The summed E-state index contributed by atoms with van der Waals surface area (Å²) in [4.78, 5) is 15.7. The molecule has 0 aromatic carbocycles. The van der Waals surface area contributed by atoms with Crippen molar-refractivity contribution in [1.29, 1.82) is 0 Å². The Hall–Kier alpha value is -1.47. The van der Waals surface area contributed by atoms with Crippen molar-refractivity contribution in [3.63, 3.8) is 0 Å². The molecule has 1 atom stereocenters. The van der Waals surface area contributed by atoms with Crippen LogP contribution < -0.4 is 5.32 Å². The Balaban J connectivity index is 1.71. The number of thiophene rings is 1. The van der Waals surface area contributed by atoms with Gasteiger partial charge in [0.25, 0.3) is 0 Å². The summed E-state index contributed by atoms with van der Waals surface area (Å²) in [7, 11) is 0. The van der Waals surface area contributed by atoms with Gasteiger partial charge in [-0.15, -0.1) is 21.5 Å². The first-order valence-corrected chi connectivity index (χ1v) is 8.73. The van der Waals surface area contributed by atoms with Crippen LogP contribution in [0.4, 0.5) is 9.93 Å². The highest BCUT2D eigenvalue weighted by Crippen LogP contribution is 2.33. The number of hydrogen-bond acceptors (Lipinski definition) is 5. The molecule has 0 aliphatic carbocycles. The highest BCUT2D eigenvalue weighted by Gasteiger charge is 2.28. The summed E-state index contributed by atoms with van der Waals surface area (Å²) in [6.45, 7) is 6.95. The molecule has 0 radical (unpaired) electrons. The quantitative estimate of drug-likeness (QED) is 0.913. The molecule has 2 aromatic heterocycles. The molecule has 0 fully saturated rings. The van der Waals surface area contributed by atoms with Crippen molar-refractivity contribution in [2.24, 2.45) is 0 Å². The highest BCUT2D eigenvalue weighted by atomic mass is 32.1. The van der Waals surface area contributed by atoms with E-state index in [1.165, 1.54) is 21.8 Å². The van der Waals surface area contributed by atoms with Crippen LogP contribution >= 0.6 is 22.7 Å². The first-order chi connectivity index (χ1) is 10.1. The lowest BCUT2D eigenvalue weighted by molar-refractivity contribution is 0.189. The third-order valence-electron chi connectivity index (χ3n) is 3.69. The Bertz CT molecular complexity index is 649. The van der Waals surface area contributed by atoms with Crippen molar-refractivity contribution in [2.45, 2.75) is 39.2 Å². The lowest BCUT2D eigenvalue weighted by atomic mass is 10.0. The molecule has 0 saturated heterocycles. The van der Waals surface area contributed by atoms with Gasteiger partial charge in [-0.05, 0) is 30.4 Å². The van der Waals surface area contributed by atoms with Crippen LogP contribution in [0.3, 0.4) is 0 Å². The molecule has 0 bridgehead atoms. The molecule has 3 rings (SSSR count). The second-order valence-electron chi connectivity index (χ2n) is 5.45. The summed E-state index contributed by atoms with van der Waals surface area (Å²) >= 11 is 3.22. The van der Waals surface area contributed by atoms with Gasteiger partial charge in [-0.3, -0.25) is 5.32 Å². The summed E-state index contributed by atoms with van der Waals surface area (Å²) in [5, 5.41) is 14.6. The van der Waals surface area contributed by atoms with Gasteiger partial charge in [0.1, 0.15) is 5.01 Å². The fraction of sp³-hybridized carbons (Fsp3) is 0.500. The second kappa shape index (κ2) is 5.73. The molecular formula is C14H18N4OS2. The SMILES string of the molecule is CC(C)c1nnc(NC(=O)N2CCc3sccc3C2C)s1. The van der Waals surface area contributed by atoms with E-state index >= 15 is 0 Å². The average molecular weight is 322 g/mol. The van der Waals surface area contributed by atoms with Crippen LogP contribution in [-0.2, 0) is 6.42 Å². The minimum Gasteiger partial charge on any atom is -0.317 e. The molecule has 3 heterocycles. The number of nitrogens with one attached hydrogen (secondary N) is 1. The summed E-state index contributed by atoms with van der Waals surface area (Å²) in [6.07, 6.45) is 0.929. The molecule has 112 valence electrons. The standard InChI is InChI=1S/C14H18N4OS2/c1-8(2)12-16-17-13(21-12)15-14(19)18-6-4-11-10(9(18)3)5-7-20-11/h5,7-9H,4,6H2,1-3H3,(H,15,17,19). The molecule has 0 saturated carbocycles. The molecule has 21 heavy (non-hydrogen) atoms. The van der Waals surface area contributed by atoms with E-state index in [-0.39, 0.29) is 12.1 Å². The minimum atomic E-state index is -0.0918. The number of nitrogens with zero attached hydrogens (tertiary/aromatic N) is 3. The number of fused-ring (bicyclic) bond motifs is 1. The fourth-order valence-corrected chi connectivity index (χ4v) is 4.17. The third kappa shape index (κ3) is 2.80. The molecule has 2 aromatic rings. The van der Waals surface area contributed by atoms with Crippen molar-refractivity contribution in [3.8, 4) is 0 Å². The van der Waals surface area contributed by atoms with E-state index in [0.29, 0.717) is 11.0 Å². The minimum absolute atomic E-state index is 0.0918. The Labute approximate surface area is 132 Å². The van der Waals surface area contributed by atoms with E-state index in [9.17, 15) is 4.79 Å². The van der Waals surface area contributed by atoms with Crippen LogP contribution in [0.1, 0.15) is 48.2 Å². The van der Waals surface area contributed by atoms with Crippen molar-refractivity contribution >= 4 is 33.8 Å². The number of carbonyl (C=O) groups excluding carboxylic acids is 1. The molecule has 7 heteroatoms. The molecule has 1 aliphatic heterocycles. The molecule has 2 amide bonds. The predicted molar refractivity (Wildman–Crippen MR) is 86.2 cm³/mol. The summed E-state index contributed by atoms with van der Waals surface area (Å²) in [5.41, 5.74) is 1.27. The van der Waals surface area contributed by atoms with Gasteiger partial charge < -0.3 is 4.90 Å². The number of aromatic nitrogens is 2. The van der Waals surface area contributed by atoms with Crippen molar-refractivity contribution in [1.82, 2.24) is 15.1 Å². The van der Waals surface area contributed by atoms with Gasteiger partial charge in [0.15, 0.2) is 0 Å². The third-order valence-corrected chi connectivity index (χ3v) is 5.82. The molecular weight excluding hydrogens is 304 g/mol. The van der Waals surface area contributed by atoms with Gasteiger partial charge in [0.05, 0.1) is 6.04 Å². The maximum atomic E-state index is 12.4. The molecule has 5 nitrogen and oxygen atoms in total. The summed E-state index contributed by atoms with van der Waals surface area (Å²) in [6, 6.07) is 2.13. The fourth-order valence-electron chi connectivity index (χ4n) is 2.47. The monoisotopic (exact) mass is 322 g/mol.